The van der Waals surface area contributed by atoms with Gasteiger partial charge in [0.25, 0.3) is 0 Å². The Morgan fingerprint density at radius 1 is 1.60 bits per heavy atom. The zero-order chi connectivity index (χ0) is 10.8. The van der Waals surface area contributed by atoms with Gasteiger partial charge in [-0.2, -0.15) is 0 Å². The predicted molar refractivity (Wildman–Crippen MR) is 59.1 cm³/mol. The maximum Gasteiger partial charge on any atom is 0.229 e. The van der Waals surface area contributed by atoms with Crippen molar-refractivity contribution in [2.75, 3.05) is 11.4 Å². The molecule has 1 unspecified atom stereocenters. The first-order chi connectivity index (χ1) is 7.22. The van der Waals surface area contributed by atoms with E-state index in [-0.39, 0.29) is 0 Å². The molecule has 2 rings (SSSR count). The molecular weight excluding hydrogens is 190 g/mol. The number of nitrogens with zero attached hydrogens (tertiary/aromatic N) is 1. The average molecular weight is 203 g/mol. The number of fused-ring (bicyclic) bond motifs is 1. The normalized spacial score (nSPS) is 18.2. The van der Waals surface area contributed by atoms with Gasteiger partial charge in [0.2, 0.25) is 6.23 Å². The van der Waals surface area contributed by atoms with Gasteiger partial charge in [0, 0.05) is 6.54 Å². The molecule has 0 aromatic heterocycles. The fourth-order valence-corrected chi connectivity index (χ4v) is 1.69. The lowest BCUT2D eigenvalue weighted by molar-refractivity contribution is -0.113. The van der Waals surface area contributed by atoms with Crippen LogP contribution in [0.25, 0.3) is 0 Å². The first-order valence-electron chi connectivity index (χ1n) is 4.84. The number of carbonyl (C=O) groups is 1. The van der Waals surface area contributed by atoms with E-state index in [4.69, 9.17) is 4.74 Å². The van der Waals surface area contributed by atoms with Crippen molar-refractivity contribution in [1.82, 2.24) is 0 Å². The maximum absolute atomic E-state index is 10.9. The molecule has 0 fully saturated rings. The summed E-state index contributed by atoms with van der Waals surface area (Å²) < 4.78 is 5.49. The fraction of sp³-hybridized carbons (Fsp3) is 0.250. The van der Waals surface area contributed by atoms with Gasteiger partial charge in [-0.1, -0.05) is 24.3 Å². The monoisotopic (exact) mass is 203 g/mol. The number of benzene rings is 1. The molecule has 1 aliphatic heterocycles. The van der Waals surface area contributed by atoms with E-state index in [1.807, 2.05) is 36.1 Å². The predicted octanol–water partition coefficient (Wildman–Crippen LogP) is 1.99. The van der Waals surface area contributed by atoms with Gasteiger partial charge in [-0.05, 0) is 19.1 Å². The van der Waals surface area contributed by atoms with Gasteiger partial charge in [0.15, 0.2) is 6.29 Å². The third-order valence-corrected chi connectivity index (χ3v) is 2.29. The zero-order valence-electron chi connectivity index (χ0n) is 8.64. The summed E-state index contributed by atoms with van der Waals surface area (Å²) in [6, 6.07) is 7.64. The highest BCUT2D eigenvalue weighted by Crippen LogP contribution is 2.36. The first-order valence-corrected chi connectivity index (χ1v) is 4.84. The minimum Gasteiger partial charge on any atom is -0.461 e. The number of hydrogen-bond donors (Lipinski definition) is 0. The highest BCUT2D eigenvalue weighted by atomic mass is 16.5. The van der Waals surface area contributed by atoms with Crippen LogP contribution >= 0.6 is 0 Å². The molecule has 0 amide bonds. The Morgan fingerprint density at radius 3 is 3.00 bits per heavy atom. The molecule has 0 bridgehead atoms. The summed E-state index contributed by atoms with van der Waals surface area (Å²) >= 11 is 0. The zero-order valence-corrected chi connectivity index (χ0v) is 8.64. The Balaban J connectivity index is 2.33. The summed E-state index contributed by atoms with van der Waals surface area (Å²) in [5.74, 6) is 0.760. The summed E-state index contributed by atoms with van der Waals surface area (Å²) in [5.41, 5.74) is 1.96. The number of anilines is 1. The van der Waals surface area contributed by atoms with Crippen LogP contribution in [0.3, 0.4) is 0 Å². The molecule has 0 saturated carbocycles. The molecule has 15 heavy (non-hydrogen) atoms. The second kappa shape index (κ2) is 3.77. The molecule has 0 radical (unpaired) electrons. The number of hydrogen-bond acceptors (Lipinski definition) is 3. The molecule has 1 atom stereocenters. The Bertz CT molecular complexity index is 400. The Labute approximate surface area is 89.0 Å². The molecule has 0 aliphatic carbocycles. The van der Waals surface area contributed by atoms with E-state index >= 15 is 0 Å². The van der Waals surface area contributed by atoms with Crippen molar-refractivity contribution >= 4 is 12.0 Å². The van der Waals surface area contributed by atoms with Crippen molar-refractivity contribution in [3.63, 3.8) is 0 Å². The smallest absolute Gasteiger partial charge is 0.229 e. The van der Waals surface area contributed by atoms with Crippen molar-refractivity contribution in [3.05, 3.63) is 36.4 Å². The van der Waals surface area contributed by atoms with E-state index in [0.717, 1.165) is 23.3 Å². The molecular formula is C12H13NO2. The van der Waals surface area contributed by atoms with Crippen molar-refractivity contribution in [2.45, 2.75) is 13.2 Å². The van der Waals surface area contributed by atoms with Crippen LogP contribution in [0, 0.1) is 0 Å². The number of aldehydes is 1. The number of carbonyl (C=O) groups excluding carboxylic acids is 1. The largest absolute Gasteiger partial charge is 0.461 e. The lowest BCUT2D eigenvalue weighted by Gasteiger charge is -2.21. The van der Waals surface area contributed by atoms with Crippen LogP contribution in [-0.4, -0.2) is 19.1 Å². The molecule has 0 spiro atoms. The summed E-state index contributed by atoms with van der Waals surface area (Å²) in [5, 5.41) is 0. The van der Waals surface area contributed by atoms with Crippen molar-refractivity contribution in [3.8, 4) is 5.75 Å². The third kappa shape index (κ3) is 1.73. The molecule has 78 valence electrons. The van der Waals surface area contributed by atoms with E-state index in [2.05, 4.69) is 6.58 Å². The van der Waals surface area contributed by atoms with Crippen LogP contribution in [-0.2, 0) is 4.79 Å². The van der Waals surface area contributed by atoms with Crippen molar-refractivity contribution < 1.29 is 9.53 Å². The lowest BCUT2D eigenvalue weighted by atomic mass is 10.2. The van der Waals surface area contributed by atoms with E-state index in [1.54, 1.807) is 0 Å². The molecule has 0 saturated heterocycles. The molecule has 1 aromatic rings. The van der Waals surface area contributed by atoms with Gasteiger partial charge < -0.3 is 9.64 Å². The number of rotatable bonds is 3. The fourth-order valence-electron chi connectivity index (χ4n) is 1.69. The van der Waals surface area contributed by atoms with Crippen LogP contribution < -0.4 is 9.64 Å². The summed E-state index contributed by atoms with van der Waals surface area (Å²) in [6.07, 6.45) is 0.294. The molecule has 1 aromatic carbocycles. The lowest BCUT2D eigenvalue weighted by Crippen LogP contribution is -2.36. The maximum atomic E-state index is 10.9. The quantitative estimate of drug-likeness (QED) is 0.555. The van der Waals surface area contributed by atoms with E-state index in [0.29, 0.717) is 6.54 Å². The minimum absolute atomic E-state index is 0.515. The molecule has 1 heterocycles. The second-order valence-corrected chi connectivity index (χ2v) is 3.70. The van der Waals surface area contributed by atoms with Gasteiger partial charge in [-0.3, -0.25) is 4.79 Å². The Hall–Kier alpha value is -1.77. The highest BCUT2D eigenvalue weighted by Gasteiger charge is 2.29. The van der Waals surface area contributed by atoms with Gasteiger partial charge >= 0.3 is 0 Å². The van der Waals surface area contributed by atoms with Crippen molar-refractivity contribution in [2.24, 2.45) is 0 Å². The van der Waals surface area contributed by atoms with Crippen LogP contribution in [0.5, 0.6) is 5.75 Å². The third-order valence-electron chi connectivity index (χ3n) is 2.29. The summed E-state index contributed by atoms with van der Waals surface area (Å²) in [6.45, 7) is 6.42. The average Bonchev–Trinajstić information content (AvgIpc) is 2.56. The van der Waals surface area contributed by atoms with E-state index < -0.39 is 6.23 Å². The van der Waals surface area contributed by atoms with Crippen molar-refractivity contribution in [1.29, 1.82) is 0 Å². The van der Waals surface area contributed by atoms with Gasteiger partial charge in [-0.25, -0.2) is 0 Å². The molecule has 3 heteroatoms. The first kappa shape index (κ1) is 9.77. The van der Waals surface area contributed by atoms with E-state index in [1.165, 1.54) is 0 Å². The molecule has 0 N–H and O–H groups in total. The SMILES string of the molecule is C=C(C)CN1c2ccccc2OC1C=O. The highest BCUT2D eigenvalue weighted by molar-refractivity contribution is 5.73. The topological polar surface area (TPSA) is 29.5 Å². The van der Waals surface area contributed by atoms with Gasteiger partial charge in [0.05, 0.1) is 5.69 Å². The molecule has 1 aliphatic rings. The minimum atomic E-state index is -0.515. The second-order valence-electron chi connectivity index (χ2n) is 3.70. The Kier molecular flexibility index (Phi) is 2.46. The Morgan fingerprint density at radius 2 is 2.33 bits per heavy atom. The van der Waals surface area contributed by atoms with E-state index in [9.17, 15) is 4.79 Å². The van der Waals surface area contributed by atoms with Gasteiger partial charge in [-0.15, -0.1) is 0 Å². The standard InChI is InChI=1S/C12H13NO2/c1-9(2)7-13-10-5-3-4-6-11(10)15-12(13)8-14/h3-6,8,12H,1,7H2,2H3. The summed E-state index contributed by atoms with van der Waals surface area (Å²) in [7, 11) is 0. The van der Waals surface area contributed by atoms with Crippen LogP contribution in [0.4, 0.5) is 5.69 Å². The van der Waals surface area contributed by atoms with Gasteiger partial charge in [0.1, 0.15) is 5.75 Å². The van der Waals surface area contributed by atoms with Crippen LogP contribution in [0.2, 0.25) is 0 Å². The molecule has 3 nitrogen and oxygen atoms in total. The summed E-state index contributed by atoms with van der Waals surface area (Å²) in [4.78, 5) is 12.8. The number of ether oxygens (including phenoxy) is 1. The van der Waals surface area contributed by atoms with Crippen LogP contribution in [0.15, 0.2) is 36.4 Å². The van der Waals surface area contributed by atoms with Crippen LogP contribution in [0.1, 0.15) is 6.92 Å². The number of para-hydroxylation sites is 2.